The Morgan fingerprint density at radius 1 is 0.500 bits per heavy atom. The Kier molecular flexibility index (Phi) is 10.3. The van der Waals surface area contributed by atoms with Gasteiger partial charge in [0, 0.05) is 0 Å². The summed E-state index contributed by atoms with van der Waals surface area (Å²) in [4.78, 5) is 0. The molecule has 0 nitrogen and oxygen atoms in total. The van der Waals surface area contributed by atoms with Crippen molar-refractivity contribution in [3.05, 3.63) is 147 Å². The summed E-state index contributed by atoms with van der Waals surface area (Å²) < 4.78 is 0. The molecule has 2 radical (unpaired) electrons. The van der Waals surface area contributed by atoms with Gasteiger partial charge in [-0.05, 0) is 48.6 Å². The van der Waals surface area contributed by atoms with Crippen molar-refractivity contribution >= 4 is 28.4 Å². The molecule has 0 atom stereocenters. The third-order valence-corrected chi connectivity index (χ3v) is 7.81. The van der Waals surface area contributed by atoms with Crippen molar-refractivity contribution in [3.8, 4) is 22.3 Å². The van der Waals surface area contributed by atoms with Gasteiger partial charge in [0.1, 0.15) is 0 Å². The van der Waals surface area contributed by atoms with E-state index in [2.05, 4.69) is 128 Å². The Bertz CT molecular complexity index is 1520. The molecule has 0 spiro atoms. The number of fused-ring (bicyclic) bond motifs is 2. The fourth-order valence-corrected chi connectivity index (χ4v) is 5.56. The molecule has 0 unspecified atom stereocenters. The Morgan fingerprint density at radius 3 is 1.23 bits per heavy atom. The van der Waals surface area contributed by atoms with Crippen LogP contribution in [0.15, 0.2) is 121 Å². The molecule has 0 aliphatic heterocycles. The van der Waals surface area contributed by atoms with Crippen LogP contribution in [0.5, 0.6) is 0 Å². The van der Waals surface area contributed by atoms with Crippen LogP contribution in [0.25, 0.3) is 43.8 Å². The van der Waals surface area contributed by atoms with E-state index in [4.69, 9.17) is 0 Å². The zero-order valence-corrected chi connectivity index (χ0v) is 27.0. The molecular formula is C38H36SiZr-4. The summed E-state index contributed by atoms with van der Waals surface area (Å²) in [6, 6.07) is 44.2. The van der Waals surface area contributed by atoms with Crippen molar-refractivity contribution in [3.63, 3.8) is 0 Å². The van der Waals surface area contributed by atoms with Crippen molar-refractivity contribution in [1.82, 2.24) is 0 Å². The molecule has 2 fully saturated rings. The van der Waals surface area contributed by atoms with Crippen LogP contribution in [0.3, 0.4) is 0 Å². The van der Waals surface area contributed by atoms with Gasteiger partial charge in [0.05, 0.1) is 0 Å². The van der Waals surface area contributed by atoms with Crippen LogP contribution >= 0.6 is 0 Å². The maximum atomic E-state index is 3.06. The van der Waals surface area contributed by atoms with Gasteiger partial charge < -0.3 is 14.9 Å². The summed E-state index contributed by atoms with van der Waals surface area (Å²) in [6.07, 6.45) is 5.49. The predicted molar refractivity (Wildman–Crippen MR) is 172 cm³/mol. The first-order valence-electron chi connectivity index (χ1n) is 13.6. The molecule has 0 bridgehead atoms. The molecule has 0 heterocycles. The summed E-state index contributed by atoms with van der Waals surface area (Å²) in [5.74, 6) is 1.67. The summed E-state index contributed by atoms with van der Waals surface area (Å²) >= 11 is 1.36. The zero-order valence-electron chi connectivity index (χ0n) is 23.5. The Hall–Kier alpha value is -2.80. The van der Waals surface area contributed by atoms with Crippen LogP contribution in [0.4, 0.5) is 0 Å². The molecule has 0 amide bonds. The molecule has 0 saturated heterocycles. The summed E-state index contributed by atoms with van der Waals surface area (Å²) in [7, 11) is 0. The van der Waals surface area contributed by atoms with E-state index in [0.717, 1.165) is 11.8 Å². The van der Waals surface area contributed by atoms with Gasteiger partial charge in [-0.3, -0.25) is 0 Å². The quantitative estimate of drug-likeness (QED) is 0.137. The molecule has 2 saturated carbocycles. The zero-order chi connectivity index (χ0) is 25.9. The molecule has 2 aliphatic carbocycles. The maximum absolute atomic E-state index is 3.06. The molecule has 2 aliphatic rings. The third-order valence-electron chi connectivity index (χ3n) is 7.81. The molecule has 200 valence electrons. The van der Waals surface area contributed by atoms with Gasteiger partial charge in [-0.2, -0.15) is 12.1 Å². The summed E-state index contributed by atoms with van der Waals surface area (Å²) in [5.41, 5.74) is 8.42. The Labute approximate surface area is 257 Å². The second kappa shape index (κ2) is 13.7. The molecule has 8 rings (SSSR count). The van der Waals surface area contributed by atoms with E-state index in [0.29, 0.717) is 0 Å². The van der Waals surface area contributed by atoms with Crippen LogP contribution in [0, 0.1) is 14.9 Å². The SMILES string of the molecule is [CH3-].[CH3-].[Si]=[Zr].c1ccc(-c2cccc3[cH-]c(C4CC4)cc23)cc1.c1ccc(-c2cccc3[cH-]c(C4CC4)cc23)cc1. The topological polar surface area (TPSA) is 0 Å². The first-order chi connectivity index (χ1) is 18.8. The summed E-state index contributed by atoms with van der Waals surface area (Å²) in [5, 5.41) is 5.59. The van der Waals surface area contributed by atoms with E-state index in [9.17, 15) is 0 Å². The van der Waals surface area contributed by atoms with Gasteiger partial charge in [0.25, 0.3) is 0 Å². The van der Waals surface area contributed by atoms with E-state index >= 15 is 0 Å². The number of hydrogen-bond donors (Lipinski definition) is 0. The number of benzene rings is 4. The average Bonchev–Trinajstić information content (AvgIpc) is 3.93. The van der Waals surface area contributed by atoms with Gasteiger partial charge in [-0.25, -0.2) is 0 Å². The molecular weight excluding hydrogens is 576 g/mol. The van der Waals surface area contributed by atoms with Crippen LogP contribution in [0.2, 0.25) is 0 Å². The van der Waals surface area contributed by atoms with E-state index < -0.39 is 0 Å². The average molecular weight is 612 g/mol. The molecule has 0 aromatic heterocycles. The van der Waals surface area contributed by atoms with Gasteiger partial charge in [-0.15, -0.1) is 69.1 Å². The van der Waals surface area contributed by atoms with E-state index in [-0.39, 0.29) is 14.9 Å². The molecule has 2 heteroatoms. The van der Waals surface area contributed by atoms with Gasteiger partial charge in [-0.1, -0.05) is 83.9 Å². The third kappa shape index (κ3) is 6.56. The normalized spacial score (nSPS) is 13.7. The minimum Gasteiger partial charge on any atom is -0.164 e. The fourth-order valence-electron chi connectivity index (χ4n) is 5.56. The number of hydrogen-bond acceptors (Lipinski definition) is 0. The Morgan fingerprint density at radius 2 is 0.875 bits per heavy atom. The molecule has 6 aromatic rings. The molecule has 6 aromatic carbocycles. The largest absolute Gasteiger partial charge is 0.164 e. The van der Waals surface area contributed by atoms with Crippen molar-refractivity contribution in [2.24, 2.45) is 0 Å². The first kappa shape index (κ1) is 30.2. The van der Waals surface area contributed by atoms with Crippen molar-refractivity contribution in [1.29, 1.82) is 0 Å². The minimum absolute atomic E-state index is 0. The van der Waals surface area contributed by atoms with Crippen molar-refractivity contribution in [2.75, 3.05) is 0 Å². The second-order valence-electron chi connectivity index (χ2n) is 10.5. The standard InChI is InChI=1S/2C18H15.2CH3.Si.Zr/c2*1-2-5-14(6-3-1)17-8-4-7-15-11-16(12-18(15)17)13-9-10-13;;;;/h2*1-8,11-13H,9-10H2;2*1H3;;/q4*-1;;. The van der Waals surface area contributed by atoms with E-state index in [1.54, 1.807) is 0 Å². The Balaban J connectivity index is 0.000000166. The van der Waals surface area contributed by atoms with Gasteiger partial charge in [0.2, 0.25) is 0 Å². The monoisotopic (exact) mass is 610 g/mol. The fraction of sp³-hybridized carbons (Fsp3) is 0.158. The van der Waals surface area contributed by atoms with Crippen LogP contribution in [-0.2, 0) is 23.3 Å². The smallest absolute Gasteiger partial charge is 0.0279 e. The number of rotatable bonds is 4. The first-order valence-corrected chi connectivity index (χ1v) is 17.8. The van der Waals surface area contributed by atoms with E-state index in [1.165, 1.54) is 104 Å². The van der Waals surface area contributed by atoms with Crippen molar-refractivity contribution in [2.45, 2.75) is 37.5 Å². The van der Waals surface area contributed by atoms with Crippen LogP contribution < -0.4 is 0 Å². The minimum atomic E-state index is 0. The van der Waals surface area contributed by atoms with Crippen LogP contribution in [0.1, 0.15) is 48.6 Å². The van der Waals surface area contributed by atoms with E-state index in [1.807, 2.05) is 0 Å². The predicted octanol–water partition coefficient (Wildman–Crippen LogP) is 10.7. The van der Waals surface area contributed by atoms with Crippen LogP contribution in [-0.4, -0.2) is 6.88 Å². The second-order valence-corrected chi connectivity index (χ2v) is 10.5. The molecule has 40 heavy (non-hydrogen) atoms. The maximum Gasteiger partial charge on any atom is -0.0279 e. The molecule has 0 N–H and O–H groups in total. The van der Waals surface area contributed by atoms with Gasteiger partial charge in [0.15, 0.2) is 0 Å². The van der Waals surface area contributed by atoms with Crippen molar-refractivity contribution < 1.29 is 23.3 Å². The summed E-state index contributed by atoms with van der Waals surface area (Å²) in [6.45, 7) is 3.06. The van der Waals surface area contributed by atoms with Gasteiger partial charge >= 0.3 is 30.2 Å².